The summed E-state index contributed by atoms with van der Waals surface area (Å²) >= 11 is 0. The van der Waals surface area contributed by atoms with Gasteiger partial charge < -0.3 is 4.74 Å². The van der Waals surface area contributed by atoms with E-state index in [1.165, 1.54) is 18.3 Å². The number of sulfonamides is 1. The maximum absolute atomic E-state index is 11.9. The van der Waals surface area contributed by atoms with Gasteiger partial charge in [0.05, 0.1) is 10.6 Å². The molecule has 3 rings (SSSR count). The Morgan fingerprint density at radius 3 is 2.30 bits per heavy atom. The molecule has 0 aliphatic heterocycles. The average molecular weight is 381 g/mol. The minimum Gasteiger partial charge on any atom is -0.422 e. The highest BCUT2D eigenvalue weighted by molar-refractivity contribution is 7.89. The quantitative estimate of drug-likeness (QED) is 0.415. The third-order valence-corrected chi connectivity index (χ3v) is 4.42. The molecule has 0 radical (unpaired) electrons. The van der Waals surface area contributed by atoms with Crippen LogP contribution in [-0.4, -0.2) is 25.6 Å². The van der Waals surface area contributed by atoms with E-state index in [9.17, 15) is 13.2 Å². The maximum atomic E-state index is 11.9. The molecule has 8 heteroatoms. The van der Waals surface area contributed by atoms with Crippen molar-refractivity contribution in [3.05, 3.63) is 84.2 Å². The van der Waals surface area contributed by atoms with Crippen LogP contribution in [0.15, 0.2) is 82.8 Å². The summed E-state index contributed by atoms with van der Waals surface area (Å²) in [7, 11) is -3.72. The fourth-order valence-corrected chi connectivity index (χ4v) is 2.65. The molecule has 0 spiro atoms. The van der Waals surface area contributed by atoms with Crippen molar-refractivity contribution in [1.82, 2.24) is 4.98 Å². The molecule has 3 aromatic rings. The molecule has 0 atom stereocenters. The fourth-order valence-electron chi connectivity index (χ4n) is 2.14. The highest BCUT2D eigenvalue weighted by Crippen LogP contribution is 2.17. The van der Waals surface area contributed by atoms with E-state index in [1.807, 2.05) is 0 Å². The Kier molecular flexibility index (Phi) is 5.39. The second-order valence-electron chi connectivity index (χ2n) is 5.47. The topological polar surface area (TPSA) is 112 Å². The van der Waals surface area contributed by atoms with Crippen molar-refractivity contribution in [2.75, 3.05) is 0 Å². The van der Waals surface area contributed by atoms with Gasteiger partial charge in [-0.25, -0.2) is 23.3 Å². The van der Waals surface area contributed by atoms with Gasteiger partial charge >= 0.3 is 5.97 Å². The average Bonchev–Trinajstić information content (AvgIpc) is 2.68. The van der Waals surface area contributed by atoms with Crippen LogP contribution in [0.3, 0.4) is 0 Å². The van der Waals surface area contributed by atoms with E-state index < -0.39 is 16.0 Å². The lowest BCUT2D eigenvalue weighted by Crippen LogP contribution is -2.11. The maximum Gasteiger partial charge on any atom is 0.362 e. The summed E-state index contributed by atoms with van der Waals surface area (Å²) < 4.78 is 27.7. The summed E-state index contributed by atoms with van der Waals surface area (Å²) in [6.07, 6.45) is 3.13. The molecule has 0 unspecified atom stereocenters. The number of aromatic nitrogens is 1. The number of carbonyl (C=O) groups excluding carboxylic acids is 1. The molecule has 7 nitrogen and oxygen atoms in total. The largest absolute Gasteiger partial charge is 0.422 e. The van der Waals surface area contributed by atoms with Crippen molar-refractivity contribution in [2.24, 2.45) is 10.1 Å². The van der Waals surface area contributed by atoms with E-state index in [0.29, 0.717) is 11.4 Å². The van der Waals surface area contributed by atoms with E-state index in [2.05, 4.69) is 9.98 Å². The number of rotatable bonds is 5. The van der Waals surface area contributed by atoms with Crippen LogP contribution in [0.5, 0.6) is 5.75 Å². The molecule has 0 fully saturated rings. The highest BCUT2D eigenvalue weighted by atomic mass is 32.2. The first-order valence-electron chi connectivity index (χ1n) is 7.82. The Labute approximate surface area is 156 Å². The first-order valence-corrected chi connectivity index (χ1v) is 9.37. The Morgan fingerprint density at radius 1 is 1.00 bits per heavy atom. The summed E-state index contributed by atoms with van der Waals surface area (Å²) in [5, 5.41) is 5.05. The lowest BCUT2D eigenvalue weighted by atomic mass is 10.2. The zero-order valence-corrected chi connectivity index (χ0v) is 14.8. The number of ether oxygens (including phenoxy) is 1. The van der Waals surface area contributed by atoms with Gasteiger partial charge in [-0.15, -0.1) is 0 Å². The number of carbonyl (C=O) groups is 1. The third-order valence-electron chi connectivity index (χ3n) is 3.49. The second kappa shape index (κ2) is 7.90. The zero-order chi connectivity index (χ0) is 19.3. The van der Waals surface area contributed by atoms with Gasteiger partial charge in [0.25, 0.3) is 0 Å². The summed E-state index contributed by atoms with van der Waals surface area (Å²) in [6.45, 7) is 0. The fraction of sp³-hybridized carbons (Fsp3) is 0. The smallest absolute Gasteiger partial charge is 0.362 e. The molecular weight excluding hydrogens is 366 g/mol. The van der Waals surface area contributed by atoms with Gasteiger partial charge in [0, 0.05) is 12.4 Å². The molecule has 0 saturated heterocycles. The molecule has 0 amide bonds. The minimum absolute atomic E-state index is 0.0283. The van der Waals surface area contributed by atoms with Crippen LogP contribution in [0, 0.1) is 0 Å². The van der Waals surface area contributed by atoms with E-state index in [-0.39, 0.29) is 10.6 Å². The number of aliphatic imine (C=N–C) groups is 1. The molecular formula is C19H15N3O4S. The van der Waals surface area contributed by atoms with Crippen LogP contribution in [0.25, 0.3) is 0 Å². The lowest BCUT2D eigenvalue weighted by molar-refractivity contribution is 0.0728. The SMILES string of the molecule is NS(=O)(=O)c1ccc(N=Cc2ccc(OC(=O)c3ccccn3)cc2)cc1. The number of hydrogen-bond acceptors (Lipinski definition) is 6. The number of nitrogens with two attached hydrogens (primary N) is 1. The molecule has 1 aromatic heterocycles. The molecule has 27 heavy (non-hydrogen) atoms. The van der Waals surface area contributed by atoms with Crippen LogP contribution in [0.2, 0.25) is 0 Å². The van der Waals surface area contributed by atoms with Gasteiger partial charge in [0.1, 0.15) is 11.4 Å². The van der Waals surface area contributed by atoms with Crippen molar-refractivity contribution >= 4 is 27.9 Å². The van der Waals surface area contributed by atoms with Gasteiger partial charge in [-0.2, -0.15) is 0 Å². The summed E-state index contributed by atoms with van der Waals surface area (Å²) in [6, 6.07) is 17.7. The van der Waals surface area contributed by atoms with Crippen molar-refractivity contribution in [2.45, 2.75) is 4.90 Å². The minimum atomic E-state index is -3.72. The van der Waals surface area contributed by atoms with Gasteiger partial charge in [0.15, 0.2) is 0 Å². The number of primary sulfonamides is 1. The van der Waals surface area contributed by atoms with Crippen molar-refractivity contribution < 1.29 is 17.9 Å². The Morgan fingerprint density at radius 2 is 1.70 bits per heavy atom. The Hall–Kier alpha value is -3.36. The highest BCUT2D eigenvalue weighted by Gasteiger charge is 2.09. The number of nitrogens with zero attached hydrogens (tertiary/aromatic N) is 2. The molecule has 136 valence electrons. The number of hydrogen-bond donors (Lipinski definition) is 1. The van der Waals surface area contributed by atoms with Gasteiger partial charge in [0.2, 0.25) is 10.0 Å². The molecule has 0 bridgehead atoms. The first-order chi connectivity index (χ1) is 12.9. The standard InChI is InChI=1S/C19H15N3O4S/c20-27(24,25)17-10-6-15(7-11-17)22-13-14-4-8-16(9-5-14)26-19(23)18-3-1-2-12-21-18/h1-13H,(H2,20,24,25). The van der Waals surface area contributed by atoms with Crippen molar-refractivity contribution in [1.29, 1.82) is 0 Å². The summed E-state index contributed by atoms with van der Waals surface area (Å²) in [5.74, 6) is -0.146. The molecule has 0 aliphatic rings. The van der Waals surface area contributed by atoms with Crippen LogP contribution in [0.1, 0.15) is 16.1 Å². The Balaban J connectivity index is 1.65. The van der Waals surface area contributed by atoms with Crippen LogP contribution in [0.4, 0.5) is 5.69 Å². The second-order valence-corrected chi connectivity index (χ2v) is 7.03. The van der Waals surface area contributed by atoms with Crippen molar-refractivity contribution in [3.63, 3.8) is 0 Å². The van der Waals surface area contributed by atoms with Gasteiger partial charge in [-0.3, -0.25) is 4.99 Å². The first kappa shape index (κ1) is 18.4. The van der Waals surface area contributed by atoms with E-state index >= 15 is 0 Å². The molecule has 0 saturated carbocycles. The third kappa shape index (κ3) is 5.06. The zero-order valence-electron chi connectivity index (χ0n) is 14.0. The molecule has 2 aromatic carbocycles. The molecule has 2 N–H and O–H groups in total. The number of esters is 1. The van der Waals surface area contributed by atoms with E-state index in [1.54, 1.807) is 60.8 Å². The predicted molar refractivity (Wildman–Crippen MR) is 101 cm³/mol. The summed E-state index contributed by atoms with van der Waals surface area (Å²) in [5.41, 5.74) is 1.59. The van der Waals surface area contributed by atoms with E-state index in [0.717, 1.165) is 5.56 Å². The number of benzene rings is 2. The molecule has 1 heterocycles. The summed E-state index contributed by atoms with van der Waals surface area (Å²) in [4.78, 5) is 20.2. The molecule has 0 aliphatic carbocycles. The van der Waals surface area contributed by atoms with Crippen molar-refractivity contribution in [3.8, 4) is 5.75 Å². The van der Waals surface area contributed by atoms with Gasteiger partial charge in [-0.1, -0.05) is 6.07 Å². The Bertz CT molecular complexity index is 1060. The van der Waals surface area contributed by atoms with Gasteiger partial charge in [-0.05, 0) is 66.2 Å². The predicted octanol–water partition coefficient (Wildman–Crippen LogP) is 2.70. The lowest BCUT2D eigenvalue weighted by Gasteiger charge is -2.03. The number of pyridine rings is 1. The monoisotopic (exact) mass is 381 g/mol. The van der Waals surface area contributed by atoms with Crippen LogP contribution < -0.4 is 9.88 Å². The van der Waals surface area contributed by atoms with E-state index in [4.69, 9.17) is 9.88 Å². The van der Waals surface area contributed by atoms with Crippen LogP contribution in [-0.2, 0) is 10.0 Å². The van der Waals surface area contributed by atoms with Crippen LogP contribution >= 0.6 is 0 Å². The normalized spacial score (nSPS) is 11.4.